The highest BCUT2D eigenvalue weighted by Gasteiger charge is 2.55. The predicted molar refractivity (Wildman–Crippen MR) is 256 cm³/mol. The van der Waals surface area contributed by atoms with Crippen molar-refractivity contribution < 1.29 is 37.4 Å². The van der Waals surface area contributed by atoms with Crippen molar-refractivity contribution in [2.45, 2.75) is 153 Å². The molecule has 10 rings (SSSR count). The molecule has 9 atom stereocenters. The second-order valence-electron chi connectivity index (χ2n) is 21.1. The van der Waals surface area contributed by atoms with Gasteiger partial charge in [-0.15, -0.1) is 0 Å². The number of carbonyl (C=O) groups excluding carboxylic acids is 4. The van der Waals surface area contributed by atoms with E-state index in [1.165, 1.54) is 38.2 Å². The largest absolute Gasteiger partial charge is 0.453 e. The second-order valence-corrected chi connectivity index (χ2v) is 21.1. The van der Waals surface area contributed by atoms with Gasteiger partial charge >= 0.3 is 12.2 Å². The molecule has 4 heterocycles. The average Bonchev–Trinajstić information content (AvgIpc) is 4.21. The van der Waals surface area contributed by atoms with Gasteiger partial charge in [-0.25, -0.2) is 28.3 Å². The minimum absolute atomic E-state index is 0.122. The number of aromatic amines is 2. The highest BCUT2D eigenvalue weighted by molar-refractivity contribution is 5.88. The van der Waals surface area contributed by atoms with Crippen molar-refractivity contribution in [3.8, 4) is 33.6 Å². The molecule has 6 unspecified atom stereocenters. The van der Waals surface area contributed by atoms with E-state index in [4.69, 9.17) is 19.4 Å². The van der Waals surface area contributed by atoms with Gasteiger partial charge in [0.25, 0.3) is 0 Å². The zero-order valence-electron chi connectivity index (χ0n) is 40.6. The van der Waals surface area contributed by atoms with Crippen molar-refractivity contribution in [2.24, 2.45) is 17.3 Å². The van der Waals surface area contributed by atoms with E-state index >= 15 is 8.78 Å². The molecular weight excluding hydrogens is 883 g/mol. The Morgan fingerprint density at radius 3 is 1.74 bits per heavy atom. The van der Waals surface area contributed by atoms with Gasteiger partial charge in [-0.05, 0) is 108 Å². The fourth-order valence-corrected chi connectivity index (χ4v) is 13.2. The van der Waals surface area contributed by atoms with Gasteiger partial charge in [-0.1, -0.05) is 71.2 Å². The third-order valence-corrected chi connectivity index (χ3v) is 16.9. The third-order valence-electron chi connectivity index (χ3n) is 16.9. The lowest BCUT2D eigenvalue weighted by Gasteiger charge is -2.30. The molecule has 2 bridgehead atoms. The van der Waals surface area contributed by atoms with Crippen LogP contribution >= 0.6 is 0 Å². The van der Waals surface area contributed by atoms with E-state index in [2.05, 4.69) is 38.8 Å². The van der Waals surface area contributed by atoms with Crippen LogP contribution in [0.2, 0.25) is 0 Å². The fourth-order valence-electron chi connectivity index (χ4n) is 13.2. The van der Waals surface area contributed by atoms with Crippen LogP contribution in [0.4, 0.5) is 18.4 Å². The van der Waals surface area contributed by atoms with Gasteiger partial charge in [0.15, 0.2) is 0 Å². The van der Waals surface area contributed by atoms with Crippen LogP contribution in [0.1, 0.15) is 150 Å². The number of nitrogens with zero attached hydrogens (tertiary/aromatic N) is 4. The number of fused-ring (bicyclic) bond motifs is 6. The molecule has 4 fully saturated rings. The van der Waals surface area contributed by atoms with E-state index in [0.29, 0.717) is 49.7 Å². The van der Waals surface area contributed by atoms with E-state index in [0.717, 1.165) is 84.0 Å². The minimum Gasteiger partial charge on any atom is -0.453 e. The fraction of sp³-hybridized carbons (Fsp3) is 0.585. The van der Waals surface area contributed by atoms with Gasteiger partial charge in [0.2, 0.25) is 11.8 Å². The Kier molecular flexibility index (Phi) is 12.6. The summed E-state index contributed by atoms with van der Waals surface area (Å²) in [5.74, 6) is -0.457. The van der Waals surface area contributed by atoms with E-state index in [1.807, 2.05) is 44.9 Å². The van der Waals surface area contributed by atoms with Crippen molar-refractivity contribution in [1.29, 1.82) is 0 Å². The smallest absolute Gasteiger partial charge is 0.407 e. The van der Waals surface area contributed by atoms with Gasteiger partial charge in [0.1, 0.15) is 36.1 Å². The Bertz CT molecular complexity index is 2640. The molecule has 14 nitrogen and oxygen atoms in total. The number of hydrogen-bond donors (Lipinski definition) is 4. The van der Waals surface area contributed by atoms with Crippen LogP contribution in [0, 0.1) is 17.3 Å². The first-order chi connectivity index (χ1) is 33.3. The lowest BCUT2D eigenvalue weighted by Crippen LogP contribution is -2.51. The number of ether oxygens (including phenoxy) is 2. The summed E-state index contributed by atoms with van der Waals surface area (Å²) >= 11 is 0. The Balaban J connectivity index is 0.990. The highest BCUT2D eigenvalue weighted by Crippen LogP contribution is 2.61. The highest BCUT2D eigenvalue weighted by atomic mass is 19.2. The maximum absolute atomic E-state index is 16.1. The zero-order chi connectivity index (χ0) is 48.5. The quantitative estimate of drug-likeness (QED) is 0.109. The van der Waals surface area contributed by atoms with Gasteiger partial charge in [0.05, 0.1) is 50.1 Å². The molecule has 2 aromatic heterocycles. The second kappa shape index (κ2) is 18.5. The first-order valence-electron chi connectivity index (χ1n) is 25.3. The van der Waals surface area contributed by atoms with Gasteiger partial charge < -0.3 is 39.9 Å². The number of alkyl halides is 2. The monoisotopic (exact) mass is 949 g/mol. The first kappa shape index (κ1) is 46.9. The number of aromatic nitrogens is 4. The van der Waals surface area contributed by atoms with Crippen LogP contribution in [0.3, 0.4) is 0 Å². The summed E-state index contributed by atoms with van der Waals surface area (Å²) in [5.41, 5.74) is 9.87. The van der Waals surface area contributed by atoms with Crippen LogP contribution in [-0.4, -0.2) is 105 Å². The molecule has 4 aromatic rings. The molecule has 0 radical (unpaired) electrons. The van der Waals surface area contributed by atoms with Crippen molar-refractivity contribution in [1.82, 2.24) is 40.4 Å². The number of hydrogen-bond acceptors (Lipinski definition) is 8. The van der Waals surface area contributed by atoms with Crippen LogP contribution in [-0.2, 0) is 31.9 Å². The molecule has 16 heteroatoms. The molecule has 4 aliphatic carbocycles. The van der Waals surface area contributed by atoms with Crippen LogP contribution < -0.4 is 10.6 Å². The van der Waals surface area contributed by atoms with Crippen molar-refractivity contribution >= 4 is 24.0 Å². The minimum atomic E-state index is -1.61. The maximum atomic E-state index is 16.1. The number of imidazole rings is 2. The third kappa shape index (κ3) is 8.06. The lowest BCUT2D eigenvalue weighted by atomic mass is 9.79. The molecule has 2 saturated heterocycles. The Morgan fingerprint density at radius 2 is 1.19 bits per heavy atom. The van der Waals surface area contributed by atoms with E-state index < -0.39 is 48.4 Å². The van der Waals surface area contributed by atoms with Crippen LogP contribution in [0.25, 0.3) is 33.6 Å². The molecule has 1 spiro atoms. The van der Waals surface area contributed by atoms with E-state index in [1.54, 1.807) is 11.1 Å². The van der Waals surface area contributed by atoms with Gasteiger partial charge in [-0.3, -0.25) is 9.59 Å². The molecule has 368 valence electrons. The number of H-pyrrole nitrogens is 2. The van der Waals surface area contributed by atoms with Crippen molar-refractivity contribution in [2.75, 3.05) is 27.3 Å². The van der Waals surface area contributed by atoms with E-state index in [9.17, 15) is 19.2 Å². The average molecular weight is 949 g/mol. The van der Waals surface area contributed by atoms with Crippen LogP contribution in [0.15, 0.2) is 36.7 Å². The maximum Gasteiger partial charge on any atom is 0.407 e. The number of nitrogens with one attached hydrogen (secondary N) is 4. The number of methoxy groups -OCH3 is 2. The number of benzene rings is 2. The molecule has 2 saturated carbocycles. The number of amides is 4. The molecule has 69 heavy (non-hydrogen) atoms. The van der Waals surface area contributed by atoms with Gasteiger partial charge in [0, 0.05) is 36.1 Å². The molecule has 4 amide bonds. The summed E-state index contributed by atoms with van der Waals surface area (Å²) in [6.45, 7) is 8.80. The topological polar surface area (TPSA) is 175 Å². The summed E-state index contributed by atoms with van der Waals surface area (Å²) in [4.78, 5) is 73.0. The number of likely N-dealkylation sites (tertiary alicyclic amines) is 2. The molecular formula is C53H66F2N8O6. The normalized spacial score (nSPS) is 25.5. The Hall–Kier alpha value is -5.80. The molecule has 2 aliphatic heterocycles. The first-order valence-corrected chi connectivity index (χ1v) is 25.3. The van der Waals surface area contributed by atoms with Crippen molar-refractivity contribution in [3.05, 3.63) is 70.6 Å². The lowest BCUT2D eigenvalue weighted by molar-refractivity contribution is -0.136. The summed E-state index contributed by atoms with van der Waals surface area (Å²) in [7, 11) is 2.57. The summed E-state index contributed by atoms with van der Waals surface area (Å²) in [5, 5.41) is 5.49. The summed E-state index contributed by atoms with van der Waals surface area (Å²) in [6, 6.07) is 6.38. The van der Waals surface area contributed by atoms with E-state index in [-0.39, 0.29) is 41.1 Å². The summed E-state index contributed by atoms with van der Waals surface area (Å²) in [6.07, 6.45) is 9.68. The SMILES string of the molecule is CCC(C)[C@H](NC(=O)OC)C(=O)N1CCC[C@@H]1c1ncc(-c2ccc(-c3ccc(-c4cnc([C@@H]5CCCN5C(=O)C(NC(=O)OC)C(C)C)[nH]4)c4c3CC3(CCCC3)C4)c3c2C2CC3C(F)C2F)[nH]1. The molecule has 2 aromatic carbocycles. The van der Waals surface area contributed by atoms with Crippen LogP contribution in [0.5, 0.6) is 0 Å². The molecule has 4 N–H and O–H groups in total. The number of alkyl carbamates (subject to hydrolysis) is 2. The number of halogens is 2. The molecule has 6 aliphatic rings. The standard InChI is InChI=1S/C53H66F2N8O6/c1-7-28(4)46(61-52(67)69-6)50(65)63-21-11-13-40(63)48-57-26-38(59-48)32-17-16-31(41-33-22-34(42(32)41)44(55)43(33)54)29-14-15-30(36-24-53(23-35(29)36)18-8-9-19-53)37-25-56-47(58-37)39-12-10-20-62(39)49(64)45(27(2)3)60-51(66)68-5/h14-17,25-28,33-34,39-40,43-46H,7-13,18-24H2,1-6H3,(H,56,58)(H,57,59)(H,60,66)(H,61,67)/t28?,33?,34?,39-,40+,43?,44?,45?,46-/m0/s1. The van der Waals surface area contributed by atoms with Crippen molar-refractivity contribution in [3.63, 3.8) is 0 Å². The summed E-state index contributed by atoms with van der Waals surface area (Å²) < 4.78 is 41.9. The number of rotatable bonds is 12. The Labute approximate surface area is 402 Å². The predicted octanol–water partition coefficient (Wildman–Crippen LogP) is 9.53. The zero-order valence-corrected chi connectivity index (χ0v) is 40.6. The van der Waals surface area contributed by atoms with Gasteiger partial charge in [-0.2, -0.15) is 0 Å². The number of carbonyl (C=O) groups is 4. The Morgan fingerprint density at radius 1 is 0.710 bits per heavy atom.